The Morgan fingerprint density at radius 3 is 2.67 bits per heavy atom. The minimum atomic E-state index is -3.55. The summed E-state index contributed by atoms with van der Waals surface area (Å²) < 4.78 is 27.9. The number of hydrogen-bond donors (Lipinski definition) is 1. The SMILES string of the molecule is CC1=C(c2ccc(C)c(C)c2)S(=O)(=O)NC1=NCCCN1CCCCC1C. The van der Waals surface area contributed by atoms with Crippen LogP contribution in [-0.2, 0) is 10.0 Å². The molecule has 1 unspecified atom stereocenters. The van der Waals surface area contributed by atoms with E-state index < -0.39 is 10.0 Å². The average molecular weight is 390 g/mol. The van der Waals surface area contributed by atoms with Gasteiger partial charge in [0, 0.05) is 24.7 Å². The maximum absolute atomic E-state index is 12.6. The Hall–Kier alpha value is -1.66. The van der Waals surface area contributed by atoms with Crippen LogP contribution in [0.15, 0.2) is 28.8 Å². The van der Waals surface area contributed by atoms with Crippen LogP contribution in [0.5, 0.6) is 0 Å². The molecule has 1 fully saturated rings. The van der Waals surface area contributed by atoms with Crippen molar-refractivity contribution in [1.29, 1.82) is 0 Å². The molecule has 1 N–H and O–H groups in total. The summed E-state index contributed by atoms with van der Waals surface area (Å²) in [6.07, 6.45) is 4.82. The van der Waals surface area contributed by atoms with Crippen LogP contribution in [0.1, 0.15) is 56.2 Å². The van der Waals surface area contributed by atoms with Crippen LogP contribution in [0.3, 0.4) is 0 Å². The van der Waals surface area contributed by atoms with Gasteiger partial charge in [-0.05, 0) is 70.2 Å². The van der Waals surface area contributed by atoms with Gasteiger partial charge in [0.25, 0.3) is 10.0 Å². The van der Waals surface area contributed by atoms with Gasteiger partial charge in [-0.2, -0.15) is 0 Å². The standard InChI is InChI=1S/C21H31N3O2S/c1-15-9-10-19(14-16(15)2)20-18(4)21(23-27(20,25)26)22-11-7-13-24-12-6-5-8-17(24)3/h9-10,14,17H,5-8,11-13H2,1-4H3,(H,22,23). The molecule has 0 bridgehead atoms. The van der Waals surface area contributed by atoms with Crippen molar-refractivity contribution in [2.24, 2.45) is 4.99 Å². The molecule has 27 heavy (non-hydrogen) atoms. The first-order valence-electron chi connectivity index (χ1n) is 9.90. The van der Waals surface area contributed by atoms with Gasteiger partial charge in [0.05, 0.1) is 0 Å². The number of aliphatic imine (C=N–C) groups is 1. The third kappa shape index (κ3) is 4.43. The summed E-state index contributed by atoms with van der Waals surface area (Å²) in [7, 11) is -3.55. The number of hydrogen-bond acceptors (Lipinski definition) is 4. The van der Waals surface area contributed by atoms with E-state index in [1.165, 1.54) is 25.8 Å². The van der Waals surface area contributed by atoms with E-state index >= 15 is 0 Å². The summed E-state index contributed by atoms with van der Waals surface area (Å²) >= 11 is 0. The second-order valence-corrected chi connectivity index (χ2v) is 9.44. The van der Waals surface area contributed by atoms with E-state index in [0.29, 0.717) is 28.9 Å². The van der Waals surface area contributed by atoms with Gasteiger partial charge in [-0.25, -0.2) is 8.42 Å². The molecule has 0 spiro atoms. The molecule has 0 saturated carbocycles. The maximum Gasteiger partial charge on any atom is 0.264 e. The van der Waals surface area contributed by atoms with Crippen molar-refractivity contribution in [2.45, 2.75) is 59.4 Å². The monoisotopic (exact) mass is 389 g/mol. The maximum atomic E-state index is 12.6. The van der Waals surface area contributed by atoms with Crippen LogP contribution in [0.25, 0.3) is 4.91 Å². The van der Waals surface area contributed by atoms with Crippen molar-refractivity contribution in [3.05, 3.63) is 40.5 Å². The second-order valence-electron chi connectivity index (χ2n) is 7.82. The largest absolute Gasteiger partial charge is 0.301 e. The highest BCUT2D eigenvalue weighted by atomic mass is 32.2. The summed E-state index contributed by atoms with van der Waals surface area (Å²) in [6.45, 7) is 11.0. The highest BCUT2D eigenvalue weighted by molar-refractivity contribution is 8.00. The predicted molar refractivity (Wildman–Crippen MR) is 112 cm³/mol. The molecule has 1 atom stereocenters. The number of nitrogens with one attached hydrogen (secondary N) is 1. The fourth-order valence-electron chi connectivity index (χ4n) is 3.92. The quantitative estimate of drug-likeness (QED) is 0.782. The Bertz CT molecular complexity index is 871. The van der Waals surface area contributed by atoms with Crippen LogP contribution in [-0.4, -0.2) is 44.8 Å². The Labute approximate surface area is 163 Å². The Kier molecular flexibility index (Phi) is 6.06. The molecule has 2 aliphatic rings. The Morgan fingerprint density at radius 1 is 1.19 bits per heavy atom. The Balaban J connectivity index is 1.72. The Morgan fingerprint density at radius 2 is 1.96 bits per heavy atom. The molecular formula is C21H31N3O2S. The summed E-state index contributed by atoms with van der Waals surface area (Å²) in [6, 6.07) is 6.43. The smallest absolute Gasteiger partial charge is 0.264 e. The minimum Gasteiger partial charge on any atom is -0.301 e. The van der Waals surface area contributed by atoms with Gasteiger partial charge in [-0.1, -0.05) is 24.6 Å². The second kappa shape index (κ2) is 8.15. The molecule has 0 aromatic heterocycles. The van der Waals surface area contributed by atoms with Gasteiger partial charge in [0.1, 0.15) is 10.7 Å². The molecule has 1 aromatic rings. The number of nitrogens with zero attached hydrogens (tertiary/aromatic N) is 2. The van der Waals surface area contributed by atoms with Crippen LogP contribution >= 0.6 is 0 Å². The van der Waals surface area contributed by atoms with Gasteiger partial charge in [-0.3, -0.25) is 9.71 Å². The van der Waals surface area contributed by atoms with E-state index in [1.807, 2.05) is 39.0 Å². The number of piperidine rings is 1. The lowest BCUT2D eigenvalue weighted by Gasteiger charge is -2.33. The minimum absolute atomic E-state index is 0.356. The fourth-order valence-corrected chi connectivity index (χ4v) is 5.43. The summed E-state index contributed by atoms with van der Waals surface area (Å²) in [5, 5.41) is 0. The highest BCUT2D eigenvalue weighted by Crippen LogP contribution is 2.30. The van der Waals surface area contributed by atoms with Crippen molar-refractivity contribution >= 4 is 20.8 Å². The molecule has 148 valence electrons. The zero-order valence-electron chi connectivity index (χ0n) is 16.9. The molecule has 2 heterocycles. The summed E-state index contributed by atoms with van der Waals surface area (Å²) in [5.41, 5.74) is 3.69. The molecule has 0 aliphatic carbocycles. The summed E-state index contributed by atoms with van der Waals surface area (Å²) in [4.78, 5) is 7.44. The van der Waals surface area contributed by atoms with Crippen molar-refractivity contribution in [1.82, 2.24) is 9.62 Å². The zero-order chi connectivity index (χ0) is 19.6. The number of rotatable bonds is 5. The normalized spacial score (nSPS) is 24.4. The average Bonchev–Trinajstić information content (AvgIpc) is 2.84. The van der Waals surface area contributed by atoms with Crippen molar-refractivity contribution in [2.75, 3.05) is 19.6 Å². The van der Waals surface area contributed by atoms with Gasteiger partial charge < -0.3 is 4.90 Å². The number of aryl methyl sites for hydroxylation is 2. The van der Waals surface area contributed by atoms with E-state index in [4.69, 9.17) is 0 Å². The van der Waals surface area contributed by atoms with Crippen molar-refractivity contribution in [3.63, 3.8) is 0 Å². The zero-order valence-corrected chi connectivity index (χ0v) is 17.7. The first kappa shape index (κ1) is 20.1. The number of amidine groups is 1. The molecule has 0 radical (unpaired) electrons. The van der Waals surface area contributed by atoms with E-state index in [9.17, 15) is 8.42 Å². The lowest BCUT2D eigenvalue weighted by Crippen LogP contribution is -2.38. The predicted octanol–water partition coefficient (Wildman–Crippen LogP) is 3.63. The summed E-state index contributed by atoms with van der Waals surface area (Å²) in [5.74, 6) is 0.495. The van der Waals surface area contributed by atoms with E-state index in [2.05, 4.69) is 21.5 Å². The first-order chi connectivity index (χ1) is 12.8. The third-order valence-corrected chi connectivity index (χ3v) is 7.32. The topological polar surface area (TPSA) is 61.8 Å². The van der Waals surface area contributed by atoms with Gasteiger partial charge >= 0.3 is 0 Å². The van der Waals surface area contributed by atoms with Crippen LogP contribution in [0, 0.1) is 13.8 Å². The van der Waals surface area contributed by atoms with Crippen molar-refractivity contribution < 1.29 is 8.42 Å². The van der Waals surface area contributed by atoms with Crippen LogP contribution < -0.4 is 4.72 Å². The molecule has 6 heteroatoms. The van der Waals surface area contributed by atoms with Crippen molar-refractivity contribution in [3.8, 4) is 0 Å². The molecular weight excluding hydrogens is 358 g/mol. The fraction of sp³-hybridized carbons (Fsp3) is 0.571. The van der Waals surface area contributed by atoms with E-state index in [1.54, 1.807) is 0 Å². The molecule has 5 nitrogen and oxygen atoms in total. The van der Waals surface area contributed by atoms with Crippen LogP contribution in [0.4, 0.5) is 0 Å². The molecule has 3 rings (SSSR count). The lowest BCUT2D eigenvalue weighted by atomic mass is 10.0. The van der Waals surface area contributed by atoms with E-state index in [-0.39, 0.29) is 0 Å². The molecule has 0 amide bonds. The number of benzene rings is 1. The lowest BCUT2D eigenvalue weighted by molar-refractivity contribution is 0.160. The molecule has 2 aliphatic heterocycles. The molecule has 1 saturated heterocycles. The number of sulfonamides is 1. The third-order valence-electron chi connectivity index (χ3n) is 5.78. The van der Waals surface area contributed by atoms with Gasteiger partial charge in [-0.15, -0.1) is 0 Å². The molecule has 1 aromatic carbocycles. The highest BCUT2D eigenvalue weighted by Gasteiger charge is 2.32. The van der Waals surface area contributed by atoms with Gasteiger partial charge in [0.2, 0.25) is 0 Å². The van der Waals surface area contributed by atoms with E-state index in [0.717, 1.165) is 29.7 Å². The van der Waals surface area contributed by atoms with Gasteiger partial charge in [0.15, 0.2) is 0 Å². The van der Waals surface area contributed by atoms with Crippen LogP contribution in [0.2, 0.25) is 0 Å². The number of likely N-dealkylation sites (tertiary alicyclic amines) is 1. The first-order valence-corrected chi connectivity index (χ1v) is 11.4.